The van der Waals surface area contributed by atoms with E-state index in [1.54, 1.807) is 0 Å². The van der Waals surface area contributed by atoms with Crippen molar-refractivity contribution in [2.75, 3.05) is 12.3 Å². The van der Waals surface area contributed by atoms with Crippen LogP contribution < -0.4 is 0 Å². The fourth-order valence-electron chi connectivity index (χ4n) is 1.22. The van der Waals surface area contributed by atoms with Crippen LogP contribution in [0.3, 0.4) is 0 Å². The summed E-state index contributed by atoms with van der Waals surface area (Å²) < 4.78 is 0. The molecule has 0 aliphatic rings. The Kier molecular flexibility index (Phi) is 4.73. The first-order chi connectivity index (χ1) is 5.88. The first-order valence-electron chi connectivity index (χ1n) is 4.21. The number of hydrogen-bond donors (Lipinski definition) is 0. The van der Waals surface area contributed by atoms with Crippen molar-refractivity contribution in [1.29, 1.82) is 0 Å². The molecule has 0 saturated heterocycles. The standard InChI is InChI=1S/C9H15NP2/c11-6-3-8-2-1-5-10-9(8)4-7-12/h1-2,5H,3-4,6-7,11-12H2. The second-order valence-electron chi connectivity index (χ2n) is 2.69. The normalized spacial score (nSPS) is 10.2. The highest BCUT2D eigenvalue weighted by molar-refractivity contribution is 7.16. The van der Waals surface area contributed by atoms with Crippen molar-refractivity contribution in [2.45, 2.75) is 12.8 Å². The van der Waals surface area contributed by atoms with Crippen LogP contribution in [0, 0.1) is 0 Å². The molecule has 1 aromatic rings. The number of nitrogens with zero attached hydrogens (tertiary/aromatic N) is 1. The maximum atomic E-state index is 4.36. The van der Waals surface area contributed by atoms with Crippen LogP contribution in [-0.4, -0.2) is 17.3 Å². The third-order valence-corrected chi connectivity index (χ3v) is 2.36. The lowest BCUT2D eigenvalue weighted by Crippen LogP contribution is -1.98. The summed E-state index contributed by atoms with van der Waals surface area (Å²) in [6, 6.07) is 4.19. The van der Waals surface area contributed by atoms with Crippen molar-refractivity contribution in [3.8, 4) is 0 Å². The van der Waals surface area contributed by atoms with Crippen LogP contribution in [0.1, 0.15) is 11.3 Å². The average molecular weight is 199 g/mol. The summed E-state index contributed by atoms with van der Waals surface area (Å²) >= 11 is 0. The number of hydrogen-bond acceptors (Lipinski definition) is 1. The van der Waals surface area contributed by atoms with E-state index in [9.17, 15) is 0 Å². The molecule has 0 N–H and O–H groups in total. The van der Waals surface area contributed by atoms with Gasteiger partial charge >= 0.3 is 0 Å². The third kappa shape index (κ3) is 2.81. The molecule has 3 heteroatoms. The van der Waals surface area contributed by atoms with Gasteiger partial charge in [-0.2, -0.15) is 0 Å². The van der Waals surface area contributed by atoms with Crippen molar-refractivity contribution >= 4 is 18.5 Å². The van der Waals surface area contributed by atoms with E-state index in [0.29, 0.717) is 0 Å². The molecule has 0 radical (unpaired) electrons. The predicted molar refractivity (Wildman–Crippen MR) is 60.8 cm³/mol. The molecule has 0 aromatic carbocycles. The first kappa shape index (κ1) is 10.1. The second kappa shape index (κ2) is 5.62. The maximum absolute atomic E-state index is 4.36. The molecule has 1 aromatic heterocycles. The largest absolute Gasteiger partial charge is 0.261 e. The quantitative estimate of drug-likeness (QED) is 0.675. The average Bonchev–Trinajstić information content (AvgIpc) is 2.09. The topological polar surface area (TPSA) is 12.9 Å². The van der Waals surface area contributed by atoms with Gasteiger partial charge in [-0.25, -0.2) is 0 Å². The first-order valence-corrected chi connectivity index (χ1v) is 5.84. The minimum absolute atomic E-state index is 1.07. The zero-order chi connectivity index (χ0) is 8.81. The van der Waals surface area contributed by atoms with Crippen LogP contribution >= 0.6 is 18.5 Å². The van der Waals surface area contributed by atoms with Gasteiger partial charge in [-0.1, -0.05) is 6.07 Å². The van der Waals surface area contributed by atoms with Crippen molar-refractivity contribution < 1.29 is 0 Å². The van der Waals surface area contributed by atoms with Gasteiger partial charge in [-0.3, -0.25) is 4.98 Å². The molecule has 0 aliphatic heterocycles. The van der Waals surface area contributed by atoms with Crippen molar-refractivity contribution in [2.24, 2.45) is 0 Å². The summed E-state index contributed by atoms with van der Waals surface area (Å²) in [6.45, 7) is 0. The molecule has 1 rings (SSSR count). The van der Waals surface area contributed by atoms with E-state index in [1.165, 1.54) is 11.3 Å². The number of pyridine rings is 1. The Bertz CT molecular complexity index is 213. The molecule has 0 amide bonds. The van der Waals surface area contributed by atoms with E-state index in [0.717, 1.165) is 25.2 Å². The summed E-state index contributed by atoms with van der Waals surface area (Å²) in [5, 5.41) is 0. The summed E-state index contributed by atoms with van der Waals surface area (Å²) in [5.41, 5.74) is 2.66. The molecule has 1 nitrogen and oxygen atoms in total. The molecule has 0 bridgehead atoms. The number of rotatable bonds is 4. The van der Waals surface area contributed by atoms with Crippen LogP contribution in [0.25, 0.3) is 0 Å². The van der Waals surface area contributed by atoms with E-state index >= 15 is 0 Å². The Morgan fingerprint density at radius 2 is 1.92 bits per heavy atom. The minimum atomic E-state index is 1.07. The lowest BCUT2D eigenvalue weighted by molar-refractivity contribution is 0.976. The summed E-state index contributed by atoms with van der Waals surface area (Å²) in [6.07, 6.45) is 6.29. The Hall–Kier alpha value is 0.01000. The van der Waals surface area contributed by atoms with Gasteiger partial charge in [0.1, 0.15) is 0 Å². The van der Waals surface area contributed by atoms with Gasteiger partial charge in [0.15, 0.2) is 0 Å². The Balaban J connectivity index is 2.77. The molecule has 0 aliphatic carbocycles. The third-order valence-electron chi connectivity index (χ3n) is 1.78. The van der Waals surface area contributed by atoms with E-state index in [1.807, 2.05) is 12.3 Å². The molecule has 0 saturated carbocycles. The van der Waals surface area contributed by atoms with E-state index in [4.69, 9.17) is 0 Å². The fourth-order valence-corrected chi connectivity index (χ4v) is 1.80. The molecular weight excluding hydrogens is 184 g/mol. The van der Waals surface area contributed by atoms with Gasteiger partial charge in [0.05, 0.1) is 0 Å². The molecule has 2 atom stereocenters. The Morgan fingerprint density at radius 3 is 2.58 bits per heavy atom. The van der Waals surface area contributed by atoms with Crippen LogP contribution in [0.15, 0.2) is 18.3 Å². The van der Waals surface area contributed by atoms with Gasteiger partial charge in [-0.05, 0) is 36.8 Å². The highest BCUT2D eigenvalue weighted by atomic mass is 31.0. The van der Waals surface area contributed by atoms with Crippen molar-refractivity contribution in [3.05, 3.63) is 29.6 Å². The second-order valence-corrected chi connectivity index (χ2v) is 3.84. The van der Waals surface area contributed by atoms with E-state index < -0.39 is 0 Å². The smallest absolute Gasteiger partial charge is 0.0438 e. The molecule has 66 valence electrons. The van der Waals surface area contributed by atoms with Crippen molar-refractivity contribution in [1.82, 2.24) is 4.98 Å². The summed E-state index contributed by atoms with van der Waals surface area (Å²) in [7, 11) is 5.50. The van der Waals surface area contributed by atoms with Crippen LogP contribution in [0.5, 0.6) is 0 Å². The Morgan fingerprint density at radius 1 is 1.17 bits per heavy atom. The highest BCUT2D eigenvalue weighted by Gasteiger charge is 1.99. The van der Waals surface area contributed by atoms with Gasteiger partial charge < -0.3 is 0 Å². The number of aryl methyl sites for hydroxylation is 2. The summed E-state index contributed by atoms with van der Waals surface area (Å²) in [4.78, 5) is 4.36. The molecule has 12 heavy (non-hydrogen) atoms. The van der Waals surface area contributed by atoms with Crippen LogP contribution in [0.2, 0.25) is 0 Å². The number of aromatic nitrogens is 1. The Labute approximate surface area is 78.8 Å². The van der Waals surface area contributed by atoms with Gasteiger partial charge in [0.2, 0.25) is 0 Å². The zero-order valence-electron chi connectivity index (χ0n) is 7.16. The molecule has 1 heterocycles. The molecule has 0 fully saturated rings. The minimum Gasteiger partial charge on any atom is -0.261 e. The molecule has 2 unspecified atom stereocenters. The van der Waals surface area contributed by atoms with Gasteiger partial charge in [0.25, 0.3) is 0 Å². The van der Waals surface area contributed by atoms with Crippen LogP contribution in [-0.2, 0) is 12.8 Å². The molecule has 0 spiro atoms. The maximum Gasteiger partial charge on any atom is 0.0438 e. The van der Waals surface area contributed by atoms with Crippen LogP contribution in [0.4, 0.5) is 0 Å². The fraction of sp³-hybridized carbons (Fsp3) is 0.444. The van der Waals surface area contributed by atoms with Gasteiger partial charge in [-0.15, -0.1) is 18.5 Å². The van der Waals surface area contributed by atoms with E-state index in [2.05, 4.69) is 29.5 Å². The summed E-state index contributed by atoms with van der Waals surface area (Å²) in [5.74, 6) is 0. The van der Waals surface area contributed by atoms with Gasteiger partial charge in [0, 0.05) is 11.9 Å². The highest BCUT2D eigenvalue weighted by Crippen LogP contribution is 2.09. The zero-order valence-corrected chi connectivity index (χ0v) is 9.47. The lowest BCUT2D eigenvalue weighted by Gasteiger charge is -2.04. The monoisotopic (exact) mass is 199 g/mol. The lowest BCUT2D eigenvalue weighted by atomic mass is 10.1. The molecular formula is C9H15NP2. The SMILES string of the molecule is PCCc1cccnc1CCP. The van der Waals surface area contributed by atoms with E-state index in [-0.39, 0.29) is 0 Å². The predicted octanol–water partition coefficient (Wildman–Crippen LogP) is 1.92. The van der Waals surface area contributed by atoms with Crippen molar-refractivity contribution in [3.63, 3.8) is 0 Å².